The van der Waals surface area contributed by atoms with Gasteiger partial charge in [0.05, 0.1) is 4.70 Å². The topological polar surface area (TPSA) is 84.6 Å². The molecular weight excluding hydrogens is 374 g/mol. The van der Waals surface area contributed by atoms with Gasteiger partial charge in [0, 0.05) is 38.4 Å². The van der Waals surface area contributed by atoms with Crippen LogP contribution in [-0.4, -0.2) is 51.5 Å². The highest BCUT2D eigenvalue weighted by Gasteiger charge is 2.27. The zero-order valence-corrected chi connectivity index (χ0v) is 16.6. The third-order valence-electron chi connectivity index (χ3n) is 5.05. The second kappa shape index (κ2) is 8.12. The van der Waals surface area contributed by atoms with E-state index >= 15 is 0 Å². The van der Waals surface area contributed by atoms with Crippen molar-refractivity contribution in [3.05, 3.63) is 48.2 Å². The maximum absolute atomic E-state index is 11.4. The molecule has 1 fully saturated rings. The Morgan fingerprint density at radius 1 is 1.29 bits per heavy atom. The van der Waals surface area contributed by atoms with E-state index < -0.39 is 0 Å². The van der Waals surface area contributed by atoms with Crippen LogP contribution in [0.3, 0.4) is 0 Å². The number of piperazine rings is 1. The number of amides is 2. The van der Waals surface area contributed by atoms with Crippen molar-refractivity contribution in [3.8, 4) is 10.9 Å². The molecular formula is C20H23N5O2S. The average Bonchev–Trinajstić information content (AvgIpc) is 3.12. The highest BCUT2D eigenvalue weighted by Crippen LogP contribution is 2.30. The number of ether oxygens (including phenoxy) is 1. The highest BCUT2D eigenvalue weighted by atomic mass is 32.1. The molecule has 2 aromatic heterocycles. The van der Waals surface area contributed by atoms with E-state index in [2.05, 4.69) is 33.9 Å². The van der Waals surface area contributed by atoms with Gasteiger partial charge in [-0.1, -0.05) is 30.4 Å². The van der Waals surface area contributed by atoms with Gasteiger partial charge >= 0.3 is 6.03 Å². The second-order valence-electron chi connectivity index (χ2n) is 6.87. The van der Waals surface area contributed by atoms with Gasteiger partial charge in [0.1, 0.15) is 5.75 Å². The molecule has 4 rings (SSSR count). The van der Waals surface area contributed by atoms with E-state index in [0.29, 0.717) is 30.0 Å². The monoisotopic (exact) mass is 397 g/mol. The minimum Gasteiger partial charge on any atom is -0.431 e. The largest absolute Gasteiger partial charge is 0.431 e. The molecule has 0 aliphatic carbocycles. The third kappa shape index (κ3) is 4.07. The number of primary amides is 1. The molecule has 7 nitrogen and oxygen atoms in total. The molecule has 0 spiro atoms. The van der Waals surface area contributed by atoms with Gasteiger partial charge in [0.2, 0.25) is 0 Å². The Morgan fingerprint density at radius 2 is 2.11 bits per heavy atom. The predicted octanol–water partition coefficient (Wildman–Crippen LogP) is 3.46. The molecule has 1 aliphatic heterocycles. The Morgan fingerprint density at radius 3 is 2.82 bits per heavy atom. The van der Waals surface area contributed by atoms with Crippen molar-refractivity contribution in [1.82, 2.24) is 19.8 Å². The number of nitrogens with two attached hydrogens (primary N) is 1. The molecule has 2 amide bonds. The minimum atomic E-state index is -0.329. The van der Waals surface area contributed by atoms with Crippen LogP contribution in [0.4, 0.5) is 4.79 Å². The first-order valence-corrected chi connectivity index (χ1v) is 10.2. The number of hydrogen-bond acceptors (Lipinski definition) is 6. The normalized spacial score (nSPS) is 17.8. The number of aromatic nitrogens is 2. The van der Waals surface area contributed by atoms with Crippen molar-refractivity contribution >= 4 is 27.7 Å². The number of nitrogens with zero attached hydrogens (tertiary/aromatic N) is 4. The molecule has 1 aliphatic rings. The molecule has 8 heteroatoms. The number of carbonyl (C=O) groups is 1. The Kier molecular flexibility index (Phi) is 5.40. The molecule has 0 radical (unpaired) electrons. The zero-order chi connectivity index (χ0) is 19.5. The average molecular weight is 398 g/mol. The molecule has 3 aromatic rings. The van der Waals surface area contributed by atoms with Crippen LogP contribution in [0.1, 0.15) is 18.9 Å². The van der Waals surface area contributed by atoms with Gasteiger partial charge in [-0.2, -0.15) is 4.98 Å². The lowest BCUT2D eigenvalue weighted by atomic mass is 10.1. The summed E-state index contributed by atoms with van der Waals surface area (Å²) in [5.74, 6) is 0.758. The first-order chi connectivity index (χ1) is 13.6. The zero-order valence-electron chi connectivity index (χ0n) is 15.7. The first kappa shape index (κ1) is 18.6. The van der Waals surface area contributed by atoms with E-state index in [1.807, 2.05) is 24.3 Å². The molecule has 2 N–H and O–H groups in total. The van der Waals surface area contributed by atoms with E-state index in [1.165, 1.54) is 16.9 Å². The van der Waals surface area contributed by atoms with Crippen LogP contribution in [0.5, 0.6) is 10.9 Å². The van der Waals surface area contributed by atoms with Gasteiger partial charge in [-0.15, -0.1) is 0 Å². The van der Waals surface area contributed by atoms with Gasteiger partial charge in [-0.3, -0.25) is 4.90 Å². The van der Waals surface area contributed by atoms with Crippen LogP contribution in [-0.2, 0) is 6.54 Å². The standard InChI is InChI=1S/C20H23N5O2S/c1-2-15-13-25(19(21)26)11-10-24(15)12-14-5-7-16(8-6-14)27-20-23-18-17(28-20)4-3-9-22-18/h3-9,15H,2,10-13H2,1H3,(H2,21,26)/t15-/m0/s1. The van der Waals surface area contributed by atoms with Crippen molar-refractivity contribution in [2.75, 3.05) is 19.6 Å². The first-order valence-electron chi connectivity index (χ1n) is 9.39. The molecule has 1 saturated heterocycles. The van der Waals surface area contributed by atoms with Crippen LogP contribution in [0.2, 0.25) is 0 Å². The fourth-order valence-electron chi connectivity index (χ4n) is 3.48. The summed E-state index contributed by atoms with van der Waals surface area (Å²) >= 11 is 1.48. The van der Waals surface area contributed by atoms with Gasteiger partial charge in [-0.25, -0.2) is 9.78 Å². The summed E-state index contributed by atoms with van der Waals surface area (Å²) in [6.45, 7) is 5.19. The molecule has 146 valence electrons. The van der Waals surface area contributed by atoms with E-state index in [9.17, 15) is 4.79 Å². The number of hydrogen-bond donors (Lipinski definition) is 1. The maximum atomic E-state index is 11.4. The quantitative estimate of drug-likeness (QED) is 0.713. The van der Waals surface area contributed by atoms with Gasteiger partial charge in [-0.05, 0) is 36.2 Å². The van der Waals surface area contributed by atoms with Crippen molar-refractivity contribution in [2.24, 2.45) is 5.73 Å². The third-order valence-corrected chi connectivity index (χ3v) is 5.93. The minimum absolute atomic E-state index is 0.326. The van der Waals surface area contributed by atoms with E-state index in [0.717, 1.165) is 30.0 Å². The Bertz CT molecular complexity index is 926. The molecule has 28 heavy (non-hydrogen) atoms. The van der Waals surface area contributed by atoms with Gasteiger partial charge in [0.25, 0.3) is 5.19 Å². The summed E-state index contributed by atoms with van der Waals surface area (Å²) in [5.41, 5.74) is 7.35. The Hall–Kier alpha value is -2.71. The van der Waals surface area contributed by atoms with Crippen LogP contribution >= 0.6 is 11.3 Å². The van der Waals surface area contributed by atoms with Crippen molar-refractivity contribution in [3.63, 3.8) is 0 Å². The molecule has 0 bridgehead atoms. The summed E-state index contributed by atoms with van der Waals surface area (Å²) in [6.07, 6.45) is 2.71. The van der Waals surface area contributed by atoms with Gasteiger partial charge in [0.15, 0.2) is 5.65 Å². The highest BCUT2D eigenvalue weighted by molar-refractivity contribution is 7.20. The van der Waals surface area contributed by atoms with Crippen LogP contribution in [0.25, 0.3) is 10.3 Å². The van der Waals surface area contributed by atoms with Crippen LogP contribution in [0.15, 0.2) is 42.6 Å². The number of rotatable bonds is 5. The lowest BCUT2D eigenvalue weighted by Crippen LogP contribution is -2.55. The van der Waals surface area contributed by atoms with Crippen molar-refractivity contribution in [2.45, 2.75) is 25.9 Å². The molecule has 1 atom stereocenters. The maximum Gasteiger partial charge on any atom is 0.314 e. The lowest BCUT2D eigenvalue weighted by molar-refractivity contribution is 0.0846. The SMILES string of the molecule is CC[C@H]1CN(C(N)=O)CCN1Cc1ccc(Oc2nc3ncccc3s2)cc1. The summed E-state index contributed by atoms with van der Waals surface area (Å²) < 4.78 is 6.90. The van der Waals surface area contributed by atoms with Crippen LogP contribution in [0, 0.1) is 0 Å². The smallest absolute Gasteiger partial charge is 0.314 e. The molecule has 1 aromatic carbocycles. The summed E-state index contributed by atoms with van der Waals surface area (Å²) in [6, 6.07) is 12.0. The molecule has 0 unspecified atom stereocenters. The fraction of sp³-hybridized carbons (Fsp3) is 0.350. The lowest BCUT2D eigenvalue weighted by Gasteiger charge is -2.40. The van der Waals surface area contributed by atoms with E-state index in [4.69, 9.17) is 10.5 Å². The van der Waals surface area contributed by atoms with E-state index in [-0.39, 0.29) is 6.03 Å². The number of thiazole rings is 1. The summed E-state index contributed by atoms with van der Waals surface area (Å²) in [5, 5.41) is 0.593. The predicted molar refractivity (Wildman–Crippen MR) is 110 cm³/mol. The number of benzene rings is 1. The molecule has 3 heterocycles. The van der Waals surface area contributed by atoms with E-state index in [1.54, 1.807) is 11.1 Å². The van der Waals surface area contributed by atoms with Crippen molar-refractivity contribution in [1.29, 1.82) is 0 Å². The fourth-order valence-corrected chi connectivity index (χ4v) is 4.27. The number of urea groups is 1. The number of pyridine rings is 1. The van der Waals surface area contributed by atoms with Crippen LogP contribution < -0.4 is 10.5 Å². The van der Waals surface area contributed by atoms with Gasteiger partial charge < -0.3 is 15.4 Å². The Labute approximate surface area is 167 Å². The number of fused-ring (bicyclic) bond motifs is 1. The Balaban J connectivity index is 1.39. The van der Waals surface area contributed by atoms with Crippen molar-refractivity contribution < 1.29 is 9.53 Å². The summed E-state index contributed by atoms with van der Waals surface area (Å²) in [4.78, 5) is 24.2. The second-order valence-corrected chi connectivity index (χ2v) is 7.86. The summed E-state index contributed by atoms with van der Waals surface area (Å²) in [7, 11) is 0. The molecule has 0 saturated carbocycles. The number of carbonyl (C=O) groups excluding carboxylic acids is 1.